The molecule has 0 radical (unpaired) electrons. The second kappa shape index (κ2) is 7.04. The summed E-state index contributed by atoms with van der Waals surface area (Å²) in [6.07, 6.45) is 0. The molecule has 2 heteroatoms. The van der Waals surface area contributed by atoms with Gasteiger partial charge in [0.15, 0.2) is 0 Å². The van der Waals surface area contributed by atoms with Crippen molar-refractivity contribution in [3.63, 3.8) is 0 Å². The number of hydrogen-bond acceptors (Lipinski definition) is 1. The lowest BCUT2D eigenvalue weighted by molar-refractivity contribution is 0.282. The Balaban J connectivity index is 0.000000162. The maximum atomic E-state index is 8.60. The van der Waals surface area contributed by atoms with E-state index in [1.165, 1.54) is 0 Å². The highest BCUT2D eigenvalue weighted by atomic mass is 35.5. The van der Waals surface area contributed by atoms with Crippen molar-refractivity contribution >= 4 is 11.6 Å². The van der Waals surface area contributed by atoms with Crippen LogP contribution in [0.2, 0.25) is 5.02 Å². The van der Waals surface area contributed by atoms with E-state index >= 15 is 0 Å². The Kier molecular flexibility index (Phi) is 5.52. The lowest BCUT2D eigenvalue weighted by Gasteiger charge is -1.93. The Bertz CT molecular complexity index is 347. The second-order valence-corrected chi connectivity index (χ2v) is 3.38. The highest BCUT2D eigenvalue weighted by Gasteiger charge is 1.88. The van der Waals surface area contributed by atoms with Crippen LogP contribution in [0.5, 0.6) is 0 Å². The molecule has 78 valence electrons. The highest BCUT2D eigenvalue weighted by molar-refractivity contribution is 6.30. The Morgan fingerprint density at radius 1 is 0.867 bits per heavy atom. The quantitative estimate of drug-likeness (QED) is 0.780. The molecule has 0 heterocycles. The van der Waals surface area contributed by atoms with Crippen LogP contribution in [0.4, 0.5) is 0 Å². The summed E-state index contributed by atoms with van der Waals surface area (Å²) in [5, 5.41) is 9.27. The average Bonchev–Trinajstić information content (AvgIpc) is 2.32. The summed E-state index contributed by atoms with van der Waals surface area (Å²) in [4.78, 5) is 0. The Morgan fingerprint density at radius 3 is 1.73 bits per heavy atom. The minimum atomic E-state index is 0.0561. The van der Waals surface area contributed by atoms with Gasteiger partial charge in [0.05, 0.1) is 6.61 Å². The molecule has 1 N–H and O–H groups in total. The predicted octanol–water partition coefficient (Wildman–Crippen LogP) is 3.52. The van der Waals surface area contributed by atoms with E-state index in [0.717, 1.165) is 5.56 Å². The lowest BCUT2D eigenvalue weighted by atomic mass is 10.2. The van der Waals surface area contributed by atoms with Crippen LogP contribution >= 0.6 is 11.6 Å². The maximum Gasteiger partial charge on any atom is 0.0682 e. The third-order valence-corrected chi connectivity index (χ3v) is 1.97. The van der Waals surface area contributed by atoms with Gasteiger partial charge < -0.3 is 5.11 Å². The second-order valence-electron chi connectivity index (χ2n) is 2.94. The molecule has 2 aromatic carbocycles. The zero-order chi connectivity index (χ0) is 10.9. The van der Waals surface area contributed by atoms with Crippen LogP contribution in [0.25, 0.3) is 0 Å². The number of benzene rings is 2. The van der Waals surface area contributed by atoms with Gasteiger partial charge in [0.2, 0.25) is 0 Å². The standard InChI is InChI=1S/C7H7ClO.C6H6/c8-7-3-1-2-6(4-7)5-9;1-2-4-6-5-3-1/h1-4,9H,5H2;1-6H. The van der Waals surface area contributed by atoms with Gasteiger partial charge in [-0.2, -0.15) is 0 Å². The van der Waals surface area contributed by atoms with E-state index in [-0.39, 0.29) is 6.61 Å². The van der Waals surface area contributed by atoms with Crippen molar-refractivity contribution in [3.8, 4) is 0 Å². The zero-order valence-electron chi connectivity index (χ0n) is 8.31. The van der Waals surface area contributed by atoms with E-state index in [1.807, 2.05) is 48.5 Å². The van der Waals surface area contributed by atoms with Gasteiger partial charge in [-0.1, -0.05) is 60.1 Å². The van der Waals surface area contributed by atoms with E-state index in [2.05, 4.69) is 0 Å². The van der Waals surface area contributed by atoms with E-state index < -0.39 is 0 Å². The first-order valence-corrected chi connectivity index (χ1v) is 5.06. The van der Waals surface area contributed by atoms with Crippen molar-refractivity contribution in [2.24, 2.45) is 0 Å². The molecule has 0 bridgehead atoms. The van der Waals surface area contributed by atoms with E-state index in [0.29, 0.717) is 5.02 Å². The molecular formula is C13H13ClO. The monoisotopic (exact) mass is 220 g/mol. The molecule has 0 unspecified atom stereocenters. The largest absolute Gasteiger partial charge is 0.392 e. The van der Waals surface area contributed by atoms with Crippen LogP contribution in [-0.2, 0) is 6.61 Å². The number of aliphatic hydroxyl groups excluding tert-OH is 1. The molecule has 15 heavy (non-hydrogen) atoms. The Labute approximate surface area is 95.0 Å². The van der Waals surface area contributed by atoms with Gasteiger partial charge in [-0.25, -0.2) is 0 Å². The first kappa shape index (κ1) is 11.8. The maximum absolute atomic E-state index is 8.60. The summed E-state index contributed by atoms with van der Waals surface area (Å²) in [5.41, 5.74) is 0.850. The lowest BCUT2D eigenvalue weighted by Crippen LogP contribution is -1.79. The molecule has 0 saturated carbocycles. The van der Waals surface area contributed by atoms with Crippen LogP contribution in [0.1, 0.15) is 5.56 Å². The molecule has 2 rings (SSSR count). The summed E-state index contributed by atoms with van der Waals surface area (Å²) in [7, 11) is 0. The highest BCUT2D eigenvalue weighted by Crippen LogP contribution is 2.09. The molecule has 0 aliphatic carbocycles. The molecule has 0 spiro atoms. The molecule has 0 aliphatic heterocycles. The van der Waals surface area contributed by atoms with E-state index in [1.54, 1.807) is 12.1 Å². The Morgan fingerprint density at radius 2 is 1.40 bits per heavy atom. The van der Waals surface area contributed by atoms with Crippen LogP contribution in [0.3, 0.4) is 0 Å². The van der Waals surface area contributed by atoms with Crippen molar-refractivity contribution in [1.29, 1.82) is 0 Å². The van der Waals surface area contributed by atoms with Crippen LogP contribution in [-0.4, -0.2) is 5.11 Å². The fourth-order valence-electron chi connectivity index (χ4n) is 1.02. The van der Waals surface area contributed by atoms with E-state index in [4.69, 9.17) is 16.7 Å². The molecule has 0 aromatic heterocycles. The van der Waals surface area contributed by atoms with Gasteiger partial charge in [0.25, 0.3) is 0 Å². The predicted molar refractivity (Wildman–Crippen MR) is 63.8 cm³/mol. The summed E-state index contributed by atoms with van der Waals surface area (Å²) in [5.74, 6) is 0. The average molecular weight is 221 g/mol. The molecule has 0 atom stereocenters. The SMILES string of the molecule is OCc1cccc(Cl)c1.c1ccccc1. The van der Waals surface area contributed by atoms with Crippen molar-refractivity contribution in [3.05, 3.63) is 71.2 Å². The van der Waals surface area contributed by atoms with Crippen molar-refractivity contribution in [2.45, 2.75) is 6.61 Å². The van der Waals surface area contributed by atoms with Gasteiger partial charge in [0.1, 0.15) is 0 Å². The summed E-state index contributed by atoms with van der Waals surface area (Å²) < 4.78 is 0. The molecule has 0 aliphatic rings. The van der Waals surface area contributed by atoms with E-state index in [9.17, 15) is 0 Å². The summed E-state index contributed by atoms with van der Waals surface area (Å²) >= 11 is 5.61. The third-order valence-electron chi connectivity index (χ3n) is 1.74. The number of aliphatic hydroxyl groups is 1. The molecule has 0 amide bonds. The zero-order valence-corrected chi connectivity index (χ0v) is 9.06. The van der Waals surface area contributed by atoms with Gasteiger partial charge in [-0.15, -0.1) is 0 Å². The number of rotatable bonds is 1. The van der Waals surface area contributed by atoms with Gasteiger partial charge in [-0.05, 0) is 17.7 Å². The fraction of sp³-hybridized carbons (Fsp3) is 0.0769. The van der Waals surface area contributed by atoms with Gasteiger partial charge in [-0.3, -0.25) is 0 Å². The smallest absolute Gasteiger partial charge is 0.0682 e. The molecule has 0 fully saturated rings. The topological polar surface area (TPSA) is 20.2 Å². The minimum Gasteiger partial charge on any atom is -0.392 e. The van der Waals surface area contributed by atoms with Gasteiger partial charge in [0, 0.05) is 5.02 Å². The molecule has 2 aromatic rings. The molecule has 1 nitrogen and oxygen atoms in total. The normalized spacial score (nSPS) is 8.93. The van der Waals surface area contributed by atoms with Crippen molar-refractivity contribution < 1.29 is 5.11 Å². The molecule has 0 saturated heterocycles. The van der Waals surface area contributed by atoms with Crippen molar-refractivity contribution in [1.82, 2.24) is 0 Å². The Hall–Kier alpha value is -1.31. The summed E-state index contributed by atoms with van der Waals surface area (Å²) in [6.45, 7) is 0.0561. The van der Waals surface area contributed by atoms with Gasteiger partial charge >= 0.3 is 0 Å². The fourth-order valence-corrected chi connectivity index (χ4v) is 1.23. The van der Waals surface area contributed by atoms with Crippen LogP contribution in [0.15, 0.2) is 60.7 Å². The molecular weight excluding hydrogens is 208 g/mol. The number of hydrogen-bond donors (Lipinski definition) is 1. The van der Waals surface area contributed by atoms with Crippen LogP contribution < -0.4 is 0 Å². The third kappa shape index (κ3) is 5.21. The first-order valence-electron chi connectivity index (χ1n) is 4.68. The number of halogens is 1. The first-order chi connectivity index (χ1) is 7.33. The van der Waals surface area contributed by atoms with Crippen molar-refractivity contribution in [2.75, 3.05) is 0 Å². The van der Waals surface area contributed by atoms with Crippen LogP contribution in [0, 0.1) is 0 Å². The summed E-state index contributed by atoms with van der Waals surface area (Å²) in [6, 6.07) is 19.2. The minimum absolute atomic E-state index is 0.0561.